The van der Waals surface area contributed by atoms with Crippen LogP contribution in [0.15, 0.2) is 146 Å². The molecule has 6 aromatic carbocycles. The van der Waals surface area contributed by atoms with Gasteiger partial charge in [-0.15, -0.1) is 0 Å². The fourth-order valence-electron chi connectivity index (χ4n) is 6.24. The smallest absolute Gasteiger partial charge is 0.0702 e. The van der Waals surface area contributed by atoms with E-state index in [4.69, 9.17) is 0 Å². The van der Waals surface area contributed by atoms with Crippen molar-refractivity contribution in [1.82, 2.24) is 10.3 Å². The molecule has 0 radical (unpaired) electrons. The van der Waals surface area contributed by atoms with Gasteiger partial charge in [0.15, 0.2) is 0 Å². The molecule has 188 valence electrons. The van der Waals surface area contributed by atoms with E-state index in [1.165, 1.54) is 60.1 Å². The summed E-state index contributed by atoms with van der Waals surface area (Å²) in [5.74, 6) is 0. The van der Waals surface area contributed by atoms with Crippen LogP contribution in [-0.2, 0) is 0 Å². The molecule has 8 rings (SSSR count). The number of nitrogens with zero attached hydrogens (tertiary/aromatic N) is 1. The molecule has 2 heterocycles. The van der Waals surface area contributed by atoms with E-state index < -0.39 is 0 Å². The Hall–Kier alpha value is -5.21. The molecule has 0 saturated heterocycles. The summed E-state index contributed by atoms with van der Waals surface area (Å²) in [6.07, 6.45) is 10.2. The van der Waals surface area contributed by atoms with Crippen molar-refractivity contribution in [3.8, 4) is 33.5 Å². The Labute approximate surface area is 233 Å². The highest BCUT2D eigenvalue weighted by Gasteiger charge is 2.18. The molecule has 1 N–H and O–H groups in total. The molecule has 0 aliphatic carbocycles. The van der Waals surface area contributed by atoms with Gasteiger partial charge in [0.05, 0.1) is 11.7 Å². The Balaban J connectivity index is 1.42. The van der Waals surface area contributed by atoms with Gasteiger partial charge in [-0.2, -0.15) is 0 Å². The minimum absolute atomic E-state index is 0.166. The average Bonchev–Trinajstić information content (AvgIpc) is 3.04. The predicted octanol–water partition coefficient (Wildman–Crippen LogP) is 9.69. The molecule has 1 aliphatic rings. The van der Waals surface area contributed by atoms with E-state index >= 15 is 0 Å². The summed E-state index contributed by atoms with van der Waals surface area (Å²) < 4.78 is 0. The highest BCUT2D eigenvalue weighted by atomic mass is 14.9. The van der Waals surface area contributed by atoms with Crippen LogP contribution in [0.1, 0.15) is 11.6 Å². The van der Waals surface area contributed by atoms with Crippen LogP contribution in [-0.4, -0.2) is 4.98 Å². The van der Waals surface area contributed by atoms with Crippen molar-refractivity contribution in [3.05, 3.63) is 151 Å². The molecule has 2 nitrogen and oxygen atoms in total. The second-order valence-corrected chi connectivity index (χ2v) is 10.5. The zero-order chi connectivity index (χ0) is 26.5. The number of dihydropyridines is 1. The van der Waals surface area contributed by atoms with Crippen molar-refractivity contribution < 1.29 is 0 Å². The zero-order valence-electron chi connectivity index (χ0n) is 21.9. The molecule has 1 atom stereocenters. The van der Waals surface area contributed by atoms with Crippen LogP contribution in [0.4, 0.5) is 0 Å². The number of benzene rings is 6. The molecule has 1 aliphatic heterocycles. The number of allylic oxidation sites excluding steroid dienone is 2. The molecule has 0 amide bonds. The molecule has 1 aromatic heterocycles. The highest BCUT2D eigenvalue weighted by molar-refractivity contribution is 6.28. The number of pyridine rings is 1. The van der Waals surface area contributed by atoms with Crippen molar-refractivity contribution in [2.75, 3.05) is 0 Å². The second-order valence-electron chi connectivity index (χ2n) is 10.5. The topological polar surface area (TPSA) is 24.9 Å². The highest BCUT2D eigenvalue weighted by Crippen LogP contribution is 2.44. The van der Waals surface area contributed by atoms with Crippen molar-refractivity contribution >= 4 is 32.3 Å². The SMILES string of the molecule is C1=CNC(c2cccc(-c3cc(-c4cccc(-c5ccccn5)c4)c4ccc5cccc6ccc3c4c56)c2)C=C1. The van der Waals surface area contributed by atoms with Crippen LogP contribution in [0.3, 0.4) is 0 Å². The zero-order valence-corrected chi connectivity index (χ0v) is 21.9. The number of aromatic nitrogens is 1. The number of hydrogen-bond acceptors (Lipinski definition) is 2. The molecule has 0 saturated carbocycles. The van der Waals surface area contributed by atoms with Gasteiger partial charge in [0, 0.05) is 11.8 Å². The van der Waals surface area contributed by atoms with Gasteiger partial charge in [-0.05, 0) is 103 Å². The second kappa shape index (κ2) is 9.21. The van der Waals surface area contributed by atoms with E-state index in [0.29, 0.717) is 0 Å². The fourth-order valence-corrected chi connectivity index (χ4v) is 6.24. The molecular weight excluding hydrogens is 484 g/mol. The lowest BCUT2D eigenvalue weighted by Gasteiger charge is -2.20. The van der Waals surface area contributed by atoms with E-state index in [9.17, 15) is 0 Å². The van der Waals surface area contributed by atoms with Gasteiger partial charge < -0.3 is 5.32 Å². The Morgan fingerprint density at radius 3 is 2.00 bits per heavy atom. The summed E-state index contributed by atoms with van der Waals surface area (Å²) in [6.45, 7) is 0. The maximum atomic E-state index is 4.62. The summed E-state index contributed by atoms with van der Waals surface area (Å²) in [6, 6.07) is 42.1. The number of hydrogen-bond donors (Lipinski definition) is 1. The summed E-state index contributed by atoms with van der Waals surface area (Å²) in [5, 5.41) is 11.3. The summed E-state index contributed by atoms with van der Waals surface area (Å²) in [7, 11) is 0. The van der Waals surface area contributed by atoms with Crippen molar-refractivity contribution in [2.45, 2.75) is 6.04 Å². The van der Waals surface area contributed by atoms with Gasteiger partial charge in [-0.3, -0.25) is 4.98 Å². The van der Waals surface area contributed by atoms with E-state index in [1.807, 2.05) is 30.6 Å². The maximum Gasteiger partial charge on any atom is 0.0702 e. The summed E-state index contributed by atoms with van der Waals surface area (Å²) in [4.78, 5) is 4.62. The van der Waals surface area contributed by atoms with E-state index in [1.54, 1.807) is 0 Å². The minimum atomic E-state index is 0.166. The third kappa shape index (κ3) is 3.69. The Bertz CT molecular complexity index is 2070. The molecule has 2 heteroatoms. The molecular formula is C38H26N2. The first kappa shape index (κ1) is 22.7. The van der Waals surface area contributed by atoms with Crippen LogP contribution in [0.2, 0.25) is 0 Å². The van der Waals surface area contributed by atoms with Crippen LogP contribution in [0, 0.1) is 0 Å². The number of nitrogens with one attached hydrogen (secondary N) is 1. The van der Waals surface area contributed by atoms with Crippen molar-refractivity contribution in [1.29, 1.82) is 0 Å². The first-order chi connectivity index (χ1) is 19.8. The van der Waals surface area contributed by atoms with E-state index in [0.717, 1.165) is 11.3 Å². The van der Waals surface area contributed by atoms with Crippen molar-refractivity contribution in [2.24, 2.45) is 0 Å². The normalized spacial score (nSPS) is 14.8. The van der Waals surface area contributed by atoms with Gasteiger partial charge in [-0.1, -0.05) is 97.1 Å². The predicted molar refractivity (Wildman–Crippen MR) is 168 cm³/mol. The lowest BCUT2D eigenvalue weighted by atomic mass is 9.85. The third-order valence-electron chi connectivity index (χ3n) is 8.12. The molecule has 0 spiro atoms. The first-order valence-electron chi connectivity index (χ1n) is 13.8. The lowest BCUT2D eigenvalue weighted by molar-refractivity contribution is 0.747. The quantitative estimate of drug-likeness (QED) is 0.238. The molecule has 40 heavy (non-hydrogen) atoms. The monoisotopic (exact) mass is 510 g/mol. The van der Waals surface area contributed by atoms with Gasteiger partial charge in [0.2, 0.25) is 0 Å². The lowest BCUT2D eigenvalue weighted by Crippen LogP contribution is -2.14. The summed E-state index contributed by atoms with van der Waals surface area (Å²) in [5.41, 5.74) is 8.27. The van der Waals surface area contributed by atoms with Crippen LogP contribution >= 0.6 is 0 Å². The largest absolute Gasteiger partial charge is 0.381 e. The van der Waals surface area contributed by atoms with Crippen molar-refractivity contribution in [3.63, 3.8) is 0 Å². The van der Waals surface area contributed by atoms with Gasteiger partial charge in [-0.25, -0.2) is 0 Å². The van der Waals surface area contributed by atoms with Gasteiger partial charge >= 0.3 is 0 Å². The molecule has 1 unspecified atom stereocenters. The van der Waals surface area contributed by atoms with Crippen LogP contribution in [0.5, 0.6) is 0 Å². The average molecular weight is 511 g/mol. The Morgan fingerprint density at radius 2 is 1.27 bits per heavy atom. The fraction of sp³-hybridized carbons (Fsp3) is 0.0263. The minimum Gasteiger partial charge on any atom is -0.381 e. The Kier molecular flexibility index (Phi) is 5.24. The number of rotatable bonds is 4. The first-order valence-corrected chi connectivity index (χ1v) is 13.8. The van der Waals surface area contributed by atoms with E-state index in [-0.39, 0.29) is 6.04 Å². The maximum absolute atomic E-state index is 4.62. The van der Waals surface area contributed by atoms with E-state index in [2.05, 4.69) is 126 Å². The van der Waals surface area contributed by atoms with Crippen LogP contribution < -0.4 is 5.32 Å². The van der Waals surface area contributed by atoms with Gasteiger partial charge in [0.25, 0.3) is 0 Å². The standard InChI is InChI=1S/C38H26N2/c1-3-20-39-35(14-1)29-12-6-10-27(22-29)33-24-34(28-11-7-13-30(23-28)36-15-2-4-21-40-36)32-19-17-26-9-5-8-25-16-18-31(33)38(32)37(25)26/h1-24,35,39H. The summed E-state index contributed by atoms with van der Waals surface area (Å²) >= 11 is 0. The van der Waals surface area contributed by atoms with Gasteiger partial charge in [0.1, 0.15) is 0 Å². The Morgan fingerprint density at radius 1 is 0.550 bits per heavy atom. The molecule has 0 bridgehead atoms. The molecule has 0 fully saturated rings. The molecule has 7 aromatic rings. The van der Waals surface area contributed by atoms with Crippen LogP contribution in [0.25, 0.3) is 65.8 Å². The third-order valence-corrected chi connectivity index (χ3v) is 8.12.